The first-order valence-electron chi connectivity index (χ1n) is 4.10. The Balaban J connectivity index is 2.44. The maximum atomic E-state index is 10.2. The molecule has 1 aromatic rings. The Bertz CT molecular complexity index is 283. The molecule has 1 rings (SSSR count). The van der Waals surface area contributed by atoms with Gasteiger partial charge in [0, 0.05) is 0 Å². The molecule has 5 heteroatoms. The highest BCUT2D eigenvalue weighted by Gasteiger charge is 2.04. The lowest BCUT2D eigenvalue weighted by molar-refractivity contribution is -0.697. The molecule has 72 valence electrons. The Labute approximate surface area is 75.9 Å². The average molecular weight is 185 g/mol. The molecular weight excluding hydrogens is 172 g/mol. The number of aliphatic carboxylic acids is 1. The Kier molecular flexibility index (Phi) is 3.45. The van der Waals surface area contributed by atoms with Crippen LogP contribution in [-0.4, -0.2) is 27.4 Å². The van der Waals surface area contributed by atoms with E-state index >= 15 is 0 Å². The Hall–Kier alpha value is -1.36. The molecule has 0 unspecified atom stereocenters. The van der Waals surface area contributed by atoms with Gasteiger partial charge >= 0.3 is 5.97 Å². The van der Waals surface area contributed by atoms with Gasteiger partial charge in [0.25, 0.3) is 0 Å². The molecule has 0 fully saturated rings. The smallest absolute Gasteiger partial charge is 0.307 e. The van der Waals surface area contributed by atoms with Crippen molar-refractivity contribution < 1.29 is 19.6 Å². The van der Waals surface area contributed by atoms with Crippen molar-refractivity contribution in [1.29, 1.82) is 0 Å². The molecule has 0 bridgehead atoms. The lowest BCUT2D eigenvalue weighted by atomic mass is 10.4. The van der Waals surface area contributed by atoms with E-state index in [9.17, 15) is 4.79 Å². The number of carboxylic acid groups (broad SMARTS) is 1. The molecular formula is C8H13N2O3+. The van der Waals surface area contributed by atoms with Gasteiger partial charge in [-0.2, -0.15) is 0 Å². The van der Waals surface area contributed by atoms with Crippen LogP contribution in [0.2, 0.25) is 0 Å². The van der Waals surface area contributed by atoms with E-state index < -0.39 is 5.97 Å². The third-order valence-electron chi connectivity index (χ3n) is 1.69. The number of carboxylic acids is 1. The monoisotopic (exact) mass is 185 g/mol. The maximum Gasteiger partial charge on any atom is 0.307 e. The van der Waals surface area contributed by atoms with Crippen molar-refractivity contribution in [2.24, 2.45) is 0 Å². The number of hydrogen-bond acceptors (Lipinski definition) is 2. The number of carbonyl (C=O) groups is 1. The highest BCUT2D eigenvalue weighted by molar-refractivity contribution is 5.66. The zero-order valence-electron chi connectivity index (χ0n) is 7.26. The van der Waals surface area contributed by atoms with Crippen molar-refractivity contribution in [3.8, 4) is 0 Å². The van der Waals surface area contributed by atoms with Crippen LogP contribution in [0.1, 0.15) is 6.42 Å². The minimum atomic E-state index is -0.803. The second-order valence-electron chi connectivity index (χ2n) is 2.76. The minimum Gasteiger partial charge on any atom is -0.481 e. The standard InChI is InChI=1S/C8H12N2O3/c11-6-5-10-4-3-9(7-10)2-1-8(12)13/h3-4,7,11H,1-2,5-6H2/p+1. The van der Waals surface area contributed by atoms with Gasteiger partial charge in [-0.15, -0.1) is 0 Å². The minimum absolute atomic E-state index is 0.0909. The summed E-state index contributed by atoms with van der Waals surface area (Å²) in [5.41, 5.74) is 0. The van der Waals surface area contributed by atoms with Gasteiger partial charge in [0.15, 0.2) is 0 Å². The van der Waals surface area contributed by atoms with E-state index in [1.54, 1.807) is 23.3 Å². The van der Waals surface area contributed by atoms with Gasteiger partial charge in [0.1, 0.15) is 25.5 Å². The van der Waals surface area contributed by atoms with Crippen LogP contribution in [-0.2, 0) is 17.9 Å². The van der Waals surface area contributed by atoms with Crippen molar-refractivity contribution in [3.63, 3.8) is 0 Å². The van der Waals surface area contributed by atoms with Crippen LogP contribution in [0.3, 0.4) is 0 Å². The predicted octanol–water partition coefficient (Wildman–Crippen LogP) is -0.757. The molecule has 0 aliphatic heterocycles. The van der Waals surface area contributed by atoms with Crippen molar-refractivity contribution in [2.75, 3.05) is 6.61 Å². The summed E-state index contributed by atoms with van der Waals surface area (Å²) in [6.07, 6.45) is 5.49. The third kappa shape index (κ3) is 3.25. The number of aliphatic hydroxyl groups is 1. The number of aromatic nitrogens is 2. The van der Waals surface area contributed by atoms with Gasteiger partial charge in [-0.3, -0.25) is 4.79 Å². The molecule has 0 aliphatic rings. The molecule has 1 heterocycles. The first-order chi connectivity index (χ1) is 6.22. The lowest BCUT2D eigenvalue weighted by Crippen LogP contribution is -2.32. The van der Waals surface area contributed by atoms with Crippen LogP contribution in [0.5, 0.6) is 0 Å². The second-order valence-corrected chi connectivity index (χ2v) is 2.76. The van der Waals surface area contributed by atoms with Crippen LogP contribution < -0.4 is 4.57 Å². The van der Waals surface area contributed by atoms with Crippen molar-refractivity contribution in [3.05, 3.63) is 18.7 Å². The Morgan fingerprint density at radius 1 is 1.54 bits per heavy atom. The van der Waals surface area contributed by atoms with Gasteiger partial charge in [0.05, 0.1) is 13.0 Å². The van der Waals surface area contributed by atoms with E-state index in [1.165, 1.54) is 0 Å². The fourth-order valence-electron chi connectivity index (χ4n) is 1.04. The largest absolute Gasteiger partial charge is 0.481 e. The molecule has 1 aromatic heterocycles. The molecule has 0 radical (unpaired) electrons. The van der Waals surface area contributed by atoms with Crippen LogP contribution in [0, 0.1) is 0 Å². The van der Waals surface area contributed by atoms with Crippen LogP contribution in [0.4, 0.5) is 0 Å². The van der Waals surface area contributed by atoms with Crippen molar-refractivity contribution in [2.45, 2.75) is 19.5 Å². The van der Waals surface area contributed by atoms with Gasteiger partial charge in [-0.1, -0.05) is 0 Å². The first kappa shape index (κ1) is 9.73. The van der Waals surface area contributed by atoms with Crippen LogP contribution >= 0.6 is 0 Å². The number of nitrogens with zero attached hydrogens (tertiary/aromatic N) is 2. The quantitative estimate of drug-likeness (QED) is 0.593. The van der Waals surface area contributed by atoms with Gasteiger partial charge in [0.2, 0.25) is 6.33 Å². The van der Waals surface area contributed by atoms with E-state index in [1.807, 2.05) is 4.57 Å². The van der Waals surface area contributed by atoms with Gasteiger partial charge in [-0.05, 0) is 0 Å². The van der Waals surface area contributed by atoms with E-state index in [2.05, 4.69) is 0 Å². The van der Waals surface area contributed by atoms with E-state index in [0.717, 1.165) is 0 Å². The molecule has 0 aromatic carbocycles. The lowest BCUT2D eigenvalue weighted by Gasteiger charge is -1.91. The van der Waals surface area contributed by atoms with E-state index in [4.69, 9.17) is 10.2 Å². The Morgan fingerprint density at radius 2 is 2.31 bits per heavy atom. The summed E-state index contributed by atoms with van der Waals surface area (Å²) >= 11 is 0. The number of imidazole rings is 1. The third-order valence-corrected chi connectivity index (χ3v) is 1.69. The molecule has 0 aliphatic carbocycles. The first-order valence-corrected chi connectivity index (χ1v) is 4.10. The average Bonchev–Trinajstić information content (AvgIpc) is 2.50. The van der Waals surface area contributed by atoms with Gasteiger partial charge < -0.3 is 10.2 Å². The predicted molar refractivity (Wildman–Crippen MR) is 44.0 cm³/mol. The van der Waals surface area contributed by atoms with Crippen molar-refractivity contribution in [1.82, 2.24) is 4.57 Å². The molecule has 0 saturated heterocycles. The summed E-state index contributed by atoms with van der Waals surface area (Å²) in [7, 11) is 0. The second kappa shape index (κ2) is 4.61. The molecule has 5 nitrogen and oxygen atoms in total. The molecule has 2 N–H and O–H groups in total. The highest BCUT2D eigenvalue weighted by atomic mass is 16.4. The summed E-state index contributed by atoms with van der Waals surface area (Å²) in [5, 5.41) is 17.0. The van der Waals surface area contributed by atoms with Crippen LogP contribution in [0.15, 0.2) is 18.7 Å². The van der Waals surface area contributed by atoms with E-state index in [0.29, 0.717) is 13.1 Å². The molecule has 0 spiro atoms. The molecule has 0 atom stereocenters. The van der Waals surface area contributed by atoms with Gasteiger partial charge in [-0.25, -0.2) is 9.13 Å². The highest BCUT2D eigenvalue weighted by Crippen LogP contribution is 1.89. The van der Waals surface area contributed by atoms with Crippen molar-refractivity contribution >= 4 is 5.97 Å². The number of rotatable bonds is 5. The summed E-state index contributed by atoms with van der Waals surface area (Å²) in [6, 6.07) is 0. The number of aliphatic hydroxyl groups excluding tert-OH is 1. The number of aryl methyl sites for hydroxylation is 1. The molecule has 0 saturated carbocycles. The summed E-state index contributed by atoms with van der Waals surface area (Å²) in [4.78, 5) is 10.2. The SMILES string of the molecule is O=C(O)CCn1cc[n+](CCO)c1. The molecule has 13 heavy (non-hydrogen) atoms. The molecule has 0 amide bonds. The normalized spacial score (nSPS) is 10.2. The zero-order chi connectivity index (χ0) is 9.68. The zero-order valence-corrected chi connectivity index (χ0v) is 7.26. The maximum absolute atomic E-state index is 10.2. The summed E-state index contributed by atoms with van der Waals surface area (Å²) in [5.74, 6) is -0.803. The fourth-order valence-corrected chi connectivity index (χ4v) is 1.04. The number of hydrogen-bond donors (Lipinski definition) is 2. The van der Waals surface area contributed by atoms with E-state index in [-0.39, 0.29) is 13.0 Å². The summed E-state index contributed by atoms with van der Waals surface area (Å²) in [6.45, 7) is 1.10. The topological polar surface area (TPSA) is 66.3 Å². The summed E-state index contributed by atoms with van der Waals surface area (Å²) < 4.78 is 3.59. The fraction of sp³-hybridized carbons (Fsp3) is 0.500. The van der Waals surface area contributed by atoms with Crippen LogP contribution in [0.25, 0.3) is 0 Å². The Morgan fingerprint density at radius 3 is 2.92 bits per heavy atom.